The molecule has 0 saturated heterocycles. The van der Waals surface area contributed by atoms with Gasteiger partial charge < -0.3 is 10.0 Å². The number of carbonyl (C=O) groups excluding carboxylic acids is 1. The number of aliphatic imine (C=N–C) groups is 1. The molecule has 1 unspecified atom stereocenters. The lowest BCUT2D eigenvalue weighted by molar-refractivity contribution is -0.109. The van der Waals surface area contributed by atoms with Crippen LogP contribution in [0.25, 0.3) is 0 Å². The zero-order chi connectivity index (χ0) is 21.1. The minimum absolute atomic E-state index is 0.108. The highest BCUT2D eigenvalue weighted by molar-refractivity contribution is 9.10. The molecule has 2 aromatic rings. The molecule has 4 nitrogen and oxygen atoms in total. The third-order valence-electron chi connectivity index (χ3n) is 4.07. The molecule has 0 aromatic heterocycles. The number of rotatable bonds is 7. The van der Waals surface area contributed by atoms with Crippen LogP contribution >= 0.6 is 27.9 Å². The third kappa shape index (κ3) is 7.07. The molecular formula is C23H24BrN3OS. The summed E-state index contributed by atoms with van der Waals surface area (Å²) in [6, 6.07) is 16.1. The second-order valence-electron chi connectivity index (χ2n) is 6.11. The van der Waals surface area contributed by atoms with Crippen molar-refractivity contribution < 1.29 is 4.79 Å². The van der Waals surface area contributed by atoms with Crippen LogP contribution in [0.3, 0.4) is 0 Å². The molecular weight excluding hydrogens is 446 g/mol. The van der Waals surface area contributed by atoms with Crippen LogP contribution < -0.4 is 10.0 Å². The van der Waals surface area contributed by atoms with Crippen LogP contribution in [-0.4, -0.2) is 18.8 Å². The second kappa shape index (κ2) is 12.1. The molecule has 0 radical (unpaired) electrons. The molecule has 0 saturated carbocycles. The van der Waals surface area contributed by atoms with E-state index < -0.39 is 0 Å². The van der Waals surface area contributed by atoms with Crippen molar-refractivity contribution in [1.82, 2.24) is 10.0 Å². The van der Waals surface area contributed by atoms with E-state index in [-0.39, 0.29) is 5.92 Å². The summed E-state index contributed by atoms with van der Waals surface area (Å²) in [5.74, 6) is 1.06. The molecule has 1 atom stereocenters. The number of carbonyl (C=O) groups is 1. The normalized spacial score (nSPS) is 13.4. The summed E-state index contributed by atoms with van der Waals surface area (Å²) in [5, 5.41) is 2.72. The molecule has 150 valence electrons. The molecule has 2 aromatic carbocycles. The highest BCUT2D eigenvalue weighted by Gasteiger charge is 2.13. The van der Waals surface area contributed by atoms with Crippen molar-refractivity contribution in [3.8, 4) is 0 Å². The summed E-state index contributed by atoms with van der Waals surface area (Å²) in [6.45, 7) is 10.0. The van der Waals surface area contributed by atoms with E-state index >= 15 is 0 Å². The van der Waals surface area contributed by atoms with Gasteiger partial charge in [-0.3, -0.25) is 4.79 Å². The van der Waals surface area contributed by atoms with Crippen LogP contribution in [0.2, 0.25) is 0 Å². The van der Waals surface area contributed by atoms with Crippen LogP contribution in [0.5, 0.6) is 0 Å². The first-order valence-corrected chi connectivity index (χ1v) is 10.6. The van der Waals surface area contributed by atoms with E-state index in [1.165, 1.54) is 0 Å². The molecule has 1 aliphatic rings. The fourth-order valence-electron chi connectivity index (χ4n) is 2.74. The SMILES string of the molecule is C=C/C=C(\C=C)C(CNC=O)c1ccccc1.CC1=Nc2ccc(Br)cc2SN1. The first-order chi connectivity index (χ1) is 14.1. The lowest BCUT2D eigenvalue weighted by Gasteiger charge is -2.18. The van der Waals surface area contributed by atoms with Gasteiger partial charge in [0.2, 0.25) is 6.41 Å². The summed E-state index contributed by atoms with van der Waals surface area (Å²) in [4.78, 5) is 15.9. The van der Waals surface area contributed by atoms with Crippen molar-refractivity contribution in [3.05, 3.63) is 95.5 Å². The van der Waals surface area contributed by atoms with Gasteiger partial charge in [0.1, 0.15) is 5.84 Å². The predicted molar refractivity (Wildman–Crippen MR) is 128 cm³/mol. The average molecular weight is 470 g/mol. The number of hydrogen-bond donors (Lipinski definition) is 2. The maximum atomic E-state index is 10.4. The second-order valence-corrected chi connectivity index (χ2v) is 7.87. The largest absolute Gasteiger partial charge is 0.358 e. The monoisotopic (exact) mass is 469 g/mol. The topological polar surface area (TPSA) is 53.5 Å². The number of nitrogens with zero attached hydrogens (tertiary/aromatic N) is 1. The average Bonchev–Trinajstić information content (AvgIpc) is 2.74. The molecule has 0 aliphatic carbocycles. The highest BCUT2D eigenvalue weighted by atomic mass is 79.9. The van der Waals surface area contributed by atoms with E-state index in [4.69, 9.17) is 0 Å². The number of hydrogen-bond acceptors (Lipinski definition) is 4. The lowest BCUT2D eigenvalue weighted by atomic mass is 9.90. The Balaban J connectivity index is 0.000000218. The van der Waals surface area contributed by atoms with Crippen LogP contribution in [0.4, 0.5) is 5.69 Å². The molecule has 0 spiro atoms. The minimum atomic E-state index is 0.108. The molecule has 6 heteroatoms. The number of amides is 1. The first kappa shape index (κ1) is 22.7. The van der Waals surface area contributed by atoms with Crippen molar-refractivity contribution in [2.45, 2.75) is 17.7 Å². The maximum Gasteiger partial charge on any atom is 0.207 e. The van der Waals surface area contributed by atoms with Gasteiger partial charge in [-0.25, -0.2) is 4.99 Å². The Bertz CT molecular complexity index is 910. The minimum Gasteiger partial charge on any atom is -0.358 e. The Hall–Kier alpha value is -2.57. The van der Waals surface area contributed by atoms with Gasteiger partial charge in [-0.1, -0.05) is 77.6 Å². The number of nitrogens with one attached hydrogen (secondary N) is 2. The van der Waals surface area contributed by atoms with E-state index in [0.29, 0.717) is 13.0 Å². The Morgan fingerprint density at radius 1 is 1.28 bits per heavy atom. The molecule has 0 fully saturated rings. The summed E-state index contributed by atoms with van der Waals surface area (Å²) < 4.78 is 4.20. The van der Waals surface area contributed by atoms with E-state index in [0.717, 1.165) is 32.0 Å². The predicted octanol–water partition coefficient (Wildman–Crippen LogP) is 5.92. The van der Waals surface area contributed by atoms with Gasteiger partial charge in [0.05, 0.1) is 10.6 Å². The highest BCUT2D eigenvalue weighted by Crippen LogP contribution is 2.33. The number of amidine groups is 1. The summed E-state index contributed by atoms with van der Waals surface area (Å²) in [6.07, 6.45) is 6.15. The molecule has 0 bridgehead atoms. The number of allylic oxidation sites excluding steroid dienone is 3. The molecule has 29 heavy (non-hydrogen) atoms. The van der Waals surface area contributed by atoms with Crippen LogP contribution in [0, 0.1) is 0 Å². The summed E-state index contributed by atoms with van der Waals surface area (Å²) in [7, 11) is 0. The third-order valence-corrected chi connectivity index (χ3v) is 5.51. The zero-order valence-corrected chi connectivity index (χ0v) is 18.7. The van der Waals surface area contributed by atoms with Crippen LogP contribution in [-0.2, 0) is 4.79 Å². The van der Waals surface area contributed by atoms with Gasteiger partial charge in [-0.05, 0) is 48.2 Å². The van der Waals surface area contributed by atoms with Gasteiger partial charge in [-0.15, -0.1) is 0 Å². The van der Waals surface area contributed by atoms with Gasteiger partial charge in [0, 0.05) is 16.9 Å². The van der Waals surface area contributed by atoms with Crippen molar-refractivity contribution in [1.29, 1.82) is 0 Å². The molecule has 1 amide bonds. The molecule has 1 aliphatic heterocycles. The summed E-state index contributed by atoms with van der Waals surface area (Å²) in [5.41, 5.74) is 3.23. The first-order valence-electron chi connectivity index (χ1n) is 9.03. The van der Waals surface area contributed by atoms with E-state index in [1.54, 1.807) is 24.1 Å². The van der Waals surface area contributed by atoms with Crippen molar-refractivity contribution in [2.24, 2.45) is 4.99 Å². The van der Waals surface area contributed by atoms with Crippen molar-refractivity contribution in [2.75, 3.05) is 6.54 Å². The molecule has 3 rings (SSSR count). The standard InChI is InChI=1S/C15H17NO.C8H7BrN2S/c1-3-8-13(4-2)15(11-16-12-17)14-9-6-5-7-10-14;1-5-10-7-3-2-6(9)4-8(7)12-11-5/h3-10,12,15H,1-2,11H2,(H,16,17);2-4H,1H3,(H,10,11)/b13-8+;. The Labute approximate surface area is 185 Å². The smallest absolute Gasteiger partial charge is 0.207 e. The molecule has 2 N–H and O–H groups in total. The van der Waals surface area contributed by atoms with Crippen molar-refractivity contribution >= 4 is 45.8 Å². The van der Waals surface area contributed by atoms with Crippen LogP contribution in [0.15, 0.2) is 99.9 Å². The van der Waals surface area contributed by atoms with E-state index in [1.807, 2.05) is 55.5 Å². The Kier molecular flexibility index (Phi) is 9.47. The number of halogens is 1. The number of benzene rings is 2. The lowest BCUT2D eigenvalue weighted by Crippen LogP contribution is -2.21. The quantitative estimate of drug-likeness (QED) is 0.300. The maximum absolute atomic E-state index is 10.4. The van der Waals surface area contributed by atoms with Gasteiger partial charge in [0.25, 0.3) is 0 Å². The Morgan fingerprint density at radius 2 is 2.03 bits per heavy atom. The van der Waals surface area contributed by atoms with E-state index in [9.17, 15) is 4.79 Å². The van der Waals surface area contributed by atoms with E-state index in [2.05, 4.69) is 50.2 Å². The molecule has 1 heterocycles. The van der Waals surface area contributed by atoms with Gasteiger partial charge in [0.15, 0.2) is 0 Å². The summed E-state index contributed by atoms with van der Waals surface area (Å²) >= 11 is 5.02. The number of fused-ring (bicyclic) bond motifs is 1. The zero-order valence-electron chi connectivity index (χ0n) is 16.3. The Morgan fingerprint density at radius 3 is 2.69 bits per heavy atom. The van der Waals surface area contributed by atoms with Gasteiger partial charge >= 0.3 is 0 Å². The fourth-order valence-corrected chi connectivity index (χ4v) is 3.96. The van der Waals surface area contributed by atoms with Crippen molar-refractivity contribution in [3.63, 3.8) is 0 Å². The fraction of sp³-hybridized carbons (Fsp3) is 0.130. The van der Waals surface area contributed by atoms with Gasteiger partial charge in [-0.2, -0.15) is 0 Å². The van der Waals surface area contributed by atoms with Crippen LogP contribution in [0.1, 0.15) is 18.4 Å².